The molecular weight excluding hydrogens is 240 g/mol. The smallest absolute Gasteiger partial charge is 0.265 e. The van der Waals surface area contributed by atoms with Crippen molar-refractivity contribution in [3.63, 3.8) is 0 Å². The third-order valence-electron chi connectivity index (χ3n) is 2.03. The average Bonchev–Trinajstić information content (AvgIpc) is 2.83. The molecule has 0 aliphatic carbocycles. The predicted octanol–water partition coefficient (Wildman–Crippen LogP) is 1.20. The van der Waals surface area contributed by atoms with Crippen molar-refractivity contribution in [2.45, 2.75) is 6.92 Å². The van der Waals surface area contributed by atoms with Crippen LogP contribution in [0.2, 0.25) is 0 Å². The van der Waals surface area contributed by atoms with Crippen molar-refractivity contribution in [3.05, 3.63) is 23.3 Å². The van der Waals surface area contributed by atoms with Crippen LogP contribution in [0.15, 0.2) is 17.6 Å². The lowest BCUT2D eigenvalue weighted by Crippen LogP contribution is -2.10. The number of amides is 2. The Bertz CT molecular complexity index is 572. The second-order valence-electron chi connectivity index (χ2n) is 3.39. The van der Waals surface area contributed by atoms with E-state index in [4.69, 9.17) is 5.73 Å². The highest BCUT2D eigenvalue weighted by molar-refractivity contribution is 7.14. The van der Waals surface area contributed by atoms with Gasteiger partial charge in [0.05, 0.1) is 5.69 Å². The van der Waals surface area contributed by atoms with Crippen LogP contribution in [0.4, 0.5) is 5.13 Å². The number of carbonyl (C=O) groups is 2. The Morgan fingerprint density at radius 2 is 2.29 bits per heavy atom. The van der Waals surface area contributed by atoms with Crippen molar-refractivity contribution in [1.82, 2.24) is 9.97 Å². The van der Waals surface area contributed by atoms with Gasteiger partial charge in [-0.25, -0.2) is 4.98 Å². The molecule has 2 aromatic heterocycles. The lowest BCUT2D eigenvalue weighted by molar-refractivity contribution is -0.114. The molecule has 88 valence electrons. The van der Waals surface area contributed by atoms with E-state index in [1.165, 1.54) is 18.3 Å². The number of hydrogen-bond donors (Lipinski definition) is 3. The molecule has 0 bridgehead atoms. The van der Waals surface area contributed by atoms with Crippen LogP contribution < -0.4 is 11.1 Å². The van der Waals surface area contributed by atoms with Gasteiger partial charge in [-0.15, -0.1) is 11.3 Å². The van der Waals surface area contributed by atoms with Gasteiger partial charge in [0.15, 0.2) is 5.13 Å². The van der Waals surface area contributed by atoms with Crippen molar-refractivity contribution in [3.8, 4) is 11.3 Å². The molecule has 0 spiro atoms. The number of hydrogen-bond acceptors (Lipinski definition) is 4. The number of nitrogens with zero attached hydrogens (tertiary/aromatic N) is 1. The van der Waals surface area contributed by atoms with Gasteiger partial charge in [-0.1, -0.05) is 0 Å². The Hall–Kier alpha value is -2.15. The highest BCUT2D eigenvalue weighted by Gasteiger charge is 2.09. The molecule has 0 unspecified atom stereocenters. The summed E-state index contributed by atoms with van der Waals surface area (Å²) in [7, 11) is 0. The first-order valence-corrected chi connectivity index (χ1v) is 5.66. The summed E-state index contributed by atoms with van der Waals surface area (Å²) in [6, 6.07) is 1.62. The van der Waals surface area contributed by atoms with E-state index in [0.717, 1.165) is 5.56 Å². The van der Waals surface area contributed by atoms with Gasteiger partial charge >= 0.3 is 0 Å². The van der Waals surface area contributed by atoms with E-state index < -0.39 is 5.91 Å². The Labute approximate surface area is 101 Å². The molecule has 7 heteroatoms. The minimum Gasteiger partial charge on any atom is -0.364 e. The number of thiazole rings is 1. The molecule has 17 heavy (non-hydrogen) atoms. The van der Waals surface area contributed by atoms with E-state index in [1.807, 2.05) is 0 Å². The van der Waals surface area contributed by atoms with Crippen LogP contribution in [0.1, 0.15) is 17.4 Å². The van der Waals surface area contributed by atoms with Gasteiger partial charge in [0.1, 0.15) is 5.69 Å². The molecule has 0 fully saturated rings. The number of anilines is 1. The molecule has 2 aromatic rings. The Balaban J connectivity index is 2.24. The molecule has 0 saturated carbocycles. The maximum absolute atomic E-state index is 10.9. The molecule has 0 radical (unpaired) electrons. The summed E-state index contributed by atoms with van der Waals surface area (Å²) in [5.74, 6) is -0.689. The van der Waals surface area contributed by atoms with Crippen molar-refractivity contribution < 1.29 is 9.59 Å². The molecule has 0 saturated heterocycles. The van der Waals surface area contributed by atoms with Crippen LogP contribution in [0.3, 0.4) is 0 Å². The van der Waals surface area contributed by atoms with E-state index in [1.54, 1.807) is 17.6 Å². The summed E-state index contributed by atoms with van der Waals surface area (Å²) in [5.41, 5.74) is 6.90. The fraction of sp³-hybridized carbons (Fsp3) is 0.100. The van der Waals surface area contributed by atoms with Gasteiger partial charge in [0, 0.05) is 24.1 Å². The van der Waals surface area contributed by atoms with Crippen LogP contribution in [0, 0.1) is 0 Å². The summed E-state index contributed by atoms with van der Waals surface area (Å²) in [5, 5.41) is 4.90. The summed E-state index contributed by atoms with van der Waals surface area (Å²) < 4.78 is 0. The van der Waals surface area contributed by atoms with E-state index in [9.17, 15) is 9.59 Å². The SMILES string of the molecule is CC(=O)Nc1nc(-c2c[nH]c(C(N)=O)c2)cs1. The van der Waals surface area contributed by atoms with Crippen LogP contribution in [-0.4, -0.2) is 21.8 Å². The maximum atomic E-state index is 10.9. The zero-order valence-corrected chi connectivity index (χ0v) is 9.80. The molecule has 4 N–H and O–H groups in total. The normalized spacial score (nSPS) is 10.2. The number of nitrogens with two attached hydrogens (primary N) is 1. The van der Waals surface area contributed by atoms with Crippen molar-refractivity contribution >= 4 is 28.3 Å². The summed E-state index contributed by atoms with van der Waals surface area (Å²) in [6.45, 7) is 1.42. The number of carbonyl (C=O) groups excluding carboxylic acids is 2. The van der Waals surface area contributed by atoms with Crippen LogP contribution in [-0.2, 0) is 4.79 Å². The molecule has 6 nitrogen and oxygen atoms in total. The van der Waals surface area contributed by atoms with Gasteiger partial charge in [0.2, 0.25) is 5.91 Å². The zero-order valence-electron chi connectivity index (χ0n) is 8.98. The number of aromatic amines is 1. The van der Waals surface area contributed by atoms with Crippen LogP contribution >= 0.6 is 11.3 Å². The summed E-state index contributed by atoms with van der Waals surface area (Å²) in [6.07, 6.45) is 1.65. The monoisotopic (exact) mass is 250 g/mol. The summed E-state index contributed by atoms with van der Waals surface area (Å²) >= 11 is 1.32. The van der Waals surface area contributed by atoms with Gasteiger partial charge in [-0.2, -0.15) is 0 Å². The van der Waals surface area contributed by atoms with Crippen molar-refractivity contribution in [2.75, 3.05) is 5.32 Å². The number of primary amides is 1. The molecule has 2 heterocycles. The van der Waals surface area contributed by atoms with Crippen molar-refractivity contribution in [2.24, 2.45) is 5.73 Å². The highest BCUT2D eigenvalue weighted by atomic mass is 32.1. The Kier molecular flexibility index (Phi) is 2.92. The lowest BCUT2D eigenvalue weighted by atomic mass is 10.2. The first kappa shape index (κ1) is 11.3. The average molecular weight is 250 g/mol. The van der Waals surface area contributed by atoms with E-state index in [-0.39, 0.29) is 5.91 Å². The van der Waals surface area contributed by atoms with Crippen LogP contribution in [0.5, 0.6) is 0 Å². The zero-order chi connectivity index (χ0) is 12.4. The molecule has 0 aliphatic rings. The van der Waals surface area contributed by atoms with Gasteiger partial charge < -0.3 is 16.0 Å². The Morgan fingerprint density at radius 3 is 2.88 bits per heavy atom. The fourth-order valence-electron chi connectivity index (χ4n) is 1.30. The molecule has 2 amide bonds. The molecular formula is C10H10N4O2S. The summed E-state index contributed by atoms with van der Waals surface area (Å²) in [4.78, 5) is 28.7. The Morgan fingerprint density at radius 1 is 1.53 bits per heavy atom. The van der Waals surface area contributed by atoms with Crippen molar-refractivity contribution in [1.29, 1.82) is 0 Å². The van der Waals surface area contributed by atoms with Crippen LogP contribution in [0.25, 0.3) is 11.3 Å². The largest absolute Gasteiger partial charge is 0.364 e. The molecule has 0 aromatic carbocycles. The second kappa shape index (κ2) is 4.38. The first-order valence-electron chi connectivity index (χ1n) is 4.78. The van der Waals surface area contributed by atoms with Gasteiger partial charge in [0.25, 0.3) is 5.91 Å². The number of rotatable bonds is 3. The van der Waals surface area contributed by atoms with E-state index in [2.05, 4.69) is 15.3 Å². The number of nitrogens with one attached hydrogen (secondary N) is 2. The minimum atomic E-state index is -0.520. The topological polar surface area (TPSA) is 101 Å². The number of H-pyrrole nitrogens is 1. The van der Waals surface area contributed by atoms with E-state index >= 15 is 0 Å². The standard InChI is InChI=1S/C10H10N4O2S/c1-5(15)13-10-14-8(4-17-10)6-2-7(9(11)16)12-3-6/h2-4,12H,1H3,(H2,11,16)(H,13,14,15). The maximum Gasteiger partial charge on any atom is 0.265 e. The fourth-order valence-corrected chi connectivity index (χ4v) is 2.06. The van der Waals surface area contributed by atoms with Gasteiger partial charge in [-0.05, 0) is 6.07 Å². The van der Waals surface area contributed by atoms with Gasteiger partial charge in [-0.3, -0.25) is 9.59 Å². The third kappa shape index (κ3) is 2.51. The molecule has 2 rings (SSSR count). The third-order valence-corrected chi connectivity index (χ3v) is 2.79. The van der Waals surface area contributed by atoms with E-state index in [0.29, 0.717) is 16.5 Å². The molecule has 0 aliphatic heterocycles. The number of aromatic nitrogens is 2. The molecule has 0 atom stereocenters. The quantitative estimate of drug-likeness (QED) is 0.762. The predicted molar refractivity (Wildman–Crippen MR) is 64.7 cm³/mol. The highest BCUT2D eigenvalue weighted by Crippen LogP contribution is 2.25. The lowest BCUT2D eigenvalue weighted by Gasteiger charge is -1.93. The minimum absolute atomic E-state index is 0.169. The second-order valence-corrected chi connectivity index (χ2v) is 4.24. The first-order chi connectivity index (χ1) is 8.06.